The summed E-state index contributed by atoms with van der Waals surface area (Å²) < 4.78 is 2.25. The molecule has 0 saturated carbocycles. The van der Waals surface area contributed by atoms with Gasteiger partial charge in [0.05, 0.1) is 21.4 Å². The van der Waals surface area contributed by atoms with Gasteiger partial charge >= 0.3 is 0 Å². The number of fused-ring (bicyclic) bond motifs is 1. The van der Waals surface area contributed by atoms with Gasteiger partial charge in [-0.05, 0) is 35.6 Å². The fourth-order valence-electron chi connectivity index (χ4n) is 0.923. The molecule has 0 fully saturated rings. The van der Waals surface area contributed by atoms with Gasteiger partial charge in [0.25, 0.3) is 0 Å². The van der Waals surface area contributed by atoms with E-state index >= 15 is 0 Å². The first-order valence-corrected chi connectivity index (χ1v) is 5.04. The Labute approximate surface area is 81.8 Å². The van der Waals surface area contributed by atoms with Gasteiger partial charge in [-0.2, -0.15) is 0 Å². The number of hydrogen-bond acceptors (Lipinski definition) is 3. The molecule has 0 atom stereocenters. The van der Waals surface area contributed by atoms with Crippen LogP contribution < -0.4 is 0 Å². The highest BCUT2D eigenvalue weighted by molar-refractivity contribution is 14.1. The SMILES string of the molecule is Cc1nc2cnc(I)cc2s1. The second kappa shape index (κ2) is 2.67. The third-order valence-corrected chi connectivity index (χ3v) is 2.87. The van der Waals surface area contributed by atoms with Gasteiger partial charge in [0.15, 0.2) is 0 Å². The Balaban J connectivity index is 2.82. The normalized spacial score (nSPS) is 10.7. The number of halogens is 1. The molecule has 0 unspecified atom stereocenters. The molecule has 11 heavy (non-hydrogen) atoms. The highest BCUT2D eigenvalue weighted by Gasteiger charge is 1.99. The van der Waals surface area contributed by atoms with Crippen molar-refractivity contribution in [2.45, 2.75) is 6.92 Å². The van der Waals surface area contributed by atoms with E-state index in [-0.39, 0.29) is 0 Å². The fourth-order valence-corrected chi connectivity index (χ4v) is 2.42. The Morgan fingerprint density at radius 3 is 3.18 bits per heavy atom. The average molecular weight is 276 g/mol. The van der Waals surface area contributed by atoms with E-state index in [0.717, 1.165) is 14.2 Å². The van der Waals surface area contributed by atoms with Gasteiger partial charge in [-0.25, -0.2) is 9.97 Å². The van der Waals surface area contributed by atoms with Crippen LogP contribution in [0.3, 0.4) is 0 Å². The van der Waals surface area contributed by atoms with Crippen LogP contribution in [0.1, 0.15) is 5.01 Å². The number of thiazole rings is 1. The summed E-state index contributed by atoms with van der Waals surface area (Å²) in [7, 11) is 0. The molecule has 0 aliphatic rings. The van der Waals surface area contributed by atoms with E-state index in [2.05, 4.69) is 38.6 Å². The van der Waals surface area contributed by atoms with Crippen LogP contribution in [0.2, 0.25) is 0 Å². The molecule has 0 radical (unpaired) electrons. The molecule has 0 N–H and O–H groups in total. The van der Waals surface area contributed by atoms with Crippen LogP contribution in [0.15, 0.2) is 12.3 Å². The number of aryl methyl sites for hydroxylation is 1. The molecule has 2 heterocycles. The maximum Gasteiger partial charge on any atom is 0.102 e. The molecule has 2 aromatic heterocycles. The molecule has 0 aromatic carbocycles. The summed E-state index contributed by atoms with van der Waals surface area (Å²) in [6.45, 7) is 2.01. The van der Waals surface area contributed by atoms with Crippen LogP contribution >= 0.6 is 33.9 Å². The highest BCUT2D eigenvalue weighted by atomic mass is 127. The Bertz CT molecular complexity index is 396. The largest absolute Gasteiger partial charge is 0.248 e. The monoisotopic (exact) mass is 276 g/mol. The first-order valence-electron chi connectivity index (χ1n) is 3.14. The topological polar surface area (TPSA) is 25.8 Å². The molecule has 2 aromatic rings. The van der Waals surface area contributed by atoms with Crippen LogP contribution in [-0.4, -0.2) is 9.97 Å². The van der Waals surface area contributed by atoms with Gasteiger partial charge < -0.3 is 0 Å². The van der Waals surface area contributed by atoms with Crippen molar-refractivity contribution < 1.29 is 0 Å². The smallest absolute Gasteiger partial charge is 0.102 e. The number of hydrogen-bond donors (Lipinski definition) is 0. The predicted molar refractivity (Wildman–Crippen MR) is 54.9 cm³/mol. The lowest BCUT2D eigenvalue weighted by Crippen LogP contribution is -1.76. The lowest BCUT2D eigenvalue weighted by atomic mass is 10.5. The van der Waals surface area contributed by atoms with Crippen molar-refractivity contribution in [3.05, 3.63) is 21.0 Å². The van der Waals surface area contributed by atoms with E-state index in [1.807, 2.05) is 13.1 Å². The molecular formula is C7H5IN2S. The third-order valence-electron chi connectivity index (χ3n) is 1.35. The van der Waals surface area contributed by atoms with Crippen molar-refractivity contribution in [3.8, 4) is 0 Å². The minimum absolute atomic E-state index is 1.01. The van der Waals surface area contributed by atoms with Crippen molar-refractivity contribution >= 4 is 44.1 Å². The number of rotatable bonds is 0. The molecule has 0 spiro atoms. The Morgan fingerprint density at radius 2 is 2.36 bits per heavy atom. The Morgan fingerprint density at radius 1 is 1.55 bits per heavy atom. The van der Waals surface area contributed by atoms with Crippen LogP contribution in [0.25, 0.3) is 10.2 Å². The van der Waals surface area contributed by atoms with E-state index < -0.39 is 0 Å². The summed E-state index contributed by atoms with van der Waals surface area (Å²) in [5, 5.41) is 1.10. The molecule has 0 aliphatic heterocycles. The molecular weight excluding hydrogens is 271 g/mol. The number of pyridine rings is 1. The molecule has 2 rings (SSSR count). The van der Waals surface area contributed by atoms with Crippen LogP contribution in [0.5, 0.6) is 0 Å². The second-order valence-electron chi connectivity index (χ2n) is 2.21. The summed E-state index contributed by atoms with van der Waals surface area (Å²) in [4.78, 5) is 8.46. The lowest BCUT2D eigenvalue weighted by Gasteiger charge is -1.86. The van der Waals surface area contributed by atoms with Gasteiger partial charge in [-0.3, -0.25) is 0 Å². The van der Waals surface area contributed by atoms with Gasteiger partial charge in [0, 0.05) is 0 Å². The summed E-state index contributed by atoms with van der Waals surface area (Å²) in [6.07, 6.45) is 1.82. The first-order chi connectivity index (χ1) is 5.25. The van der Waals surface area contributed by atoms with Crippen molar-refractivity contribution in [1.29, 1.82) is 0 Å². The average Bonchev–Trinajstić information content (AvgIpc) is 2.27. The van der Waals surface area contributed by atoms with E-state index in [1.165, 1.54) is 4.70 Å². The number of nitrogens with zero attached hydrogens (tertiary/aromatic N) is 2. The Hall–Kier alpha value is -0.230. The van der Waals surface area contributed by atoms with E-state index in [4.69, 9.17) is 0 Å². The lowest BCUT2D eigenvalue weighted by molar-refractivity contribution is 1.27. The highest BCUT2D eigenvalue weighted by Crippen LogP contribution is 2.21. The van der Waals surface area contributed by atoms with Crippen molar-refractivity contribution in [1.82, 2.24) is 9.97 Å². The van der Waals surface area contributed by atoms with E-state index in [1.54, 1.807) is 11.3 Å². The predicted octanol–water partition coefficient (Wildman–Crippen LogP) is 2.60. The molecule has 2 nitrogen and oxygen atoms in total. The molecule has 4 heteroatoms. The van der Waals surface area contributed by atoms with Gasteiger partial charge in [-0.15, -0.1) is 11.3 Å². The van der Waals surface area contributed by atoms with E-state index in [0.29, 0.717) is 0 Å². The standard InChI is InChI=1S/C7H5IN2S/c1-4-10-5-3-9-7(8)2-6(5)11-4/h2-3H,1H3. The van der Waals surface area contributed by atoms with Crippen LogP contribution in [0.4, 0.5) is 0 Å². The van der Waals surface area contributed by atoms with Gasteiger partial charge in [0.1, 0.15) is 3.70 Å². The minimum Gasteiger partial charge on any atom is -0.248 e. The number of aromatic nitrogens is 2. The third kappa shape index (κ3) is 1.37. The first kappa shape index (κ1) is 7.42. The zero-order valence-corrected chi connectivity index (χ0v) is 8.81. The zero-order valence-electron chi connectivity index (χ0n) is 5.84. The maximum atomic E-state index is 4.31. The van der Waals surface area contributed by atoms with Gasteiger partial charge in [0.2, 0.25) is 0 Å². The van der Waals surface area contributed by atoms with Crippen molar-refractivity contribution in [2.75, 3.05) is 0 Å². The molecule has 0 aliphatic carbocycles. The summed E-state index contributed by atoms with van der Waals surface area (Å²) >= 11 is 3.92. The molecule has 56 valence electrons. The van der Waals surface area contributed by atoms with Gasteiger partial charge in [-0.1, -0.05) is 0 Å². The quantitative estimate of drug-likeness (QED) is 0.546. The zero-order chi connectivity index (χ0) is 7.84. The maximum absolute atomic E-state index is 4.31. The summed E-state index contributed by atoms with van der Waals surface area (Å²) in [5.41, 5.74) is 1.01. The van der Waals surface area contributed by atoms with Crippen molar-refractivity contribution in [2.24, 2.45) is 0 Å². The molecule has 0 amide bonds. The minimum atomic E-state index is 1.01. The van der Waals surface area contributed by atoms with Crippen molar-refractivity contribution in [3.63, 3.8) is 0 Å². The summed E-state index contributed by atoms with van der Waals surface area (Å²) in [5.74, 6) is 0. The Kier molecular flexibility index (Phi) is 1.80. The second-order valence-corrected chi connectivity index (χ2v) is 4.55. The molecule has 0 saturated heterocycles. The van der Waals surface area contributed by atoms with E-state index in [9.17, 15) is 0 Å². The van der Waals surface area contributed by atoms with Crippen LogP contribution in [0, 0.1) is 10.6 Å². The summed E-state index contributed by atoms with van der Waals surface area (Å²) in [6, 6.07) is 2.06. The van der Waals surface area contributed by atoms with Crippen LogP contribution in [-0.2, 0) is 0 Å². The molecule has 0 bridgehead atoms. The fraction of sp³-hybridized carbons (Fsp3) is 0.143.